The maximum Gasteiger partial charge on any atom is 0.317 e. The second kappa shape index (κ2) is 7.55. The van der Waals surface area contributed by atoms with Crippen LogP contribution in [0.25, 0.3) is 0 Å². The van der Waals surface area contributed by atoms with Crippen LogP contribution in [0.1, 0.15) is 22.4 Å². The van der Waals surface area contributed by atoms with Gasteiger partial charge in [-0.3, -0.25) is 9.97 Å². The highest BCUT2D eigenvalue weighted by Crippen LogP contribution is 2.23. The molecule has 1 aromatic heterocycles. The summed E-state index contributed by atoms with van der Waals surface area (Å²) in [6.07, 6.45) is 6.87. The fraction of sp³-hybridized carbons (Fsp3) is 0.333. The quantitative estimate of drug-likeness (QED) is 0.932. The van der Waals surface area contributed by atoms with Gasteiger partial charge >= 0.3 is 6.03 Å². The van der Waals surface area contributed by atoms with E-state index in [1.807, 2.05) is 23.1 Å². The highest BCUT2D eigenvalue weighted by atomic mass is 16.2. The smallest absolute Gasteiger partial charge is 0.317 e. The molecule has 0 saturated heterocycles. The molecule has 2 aromatic rings. The molecule has 0 unspecified atom stereocenters. The van der Waals surface area contributed by atoms with E-state index in [1.165, 1.54) is 5.56 Å². The van der Waals surface area contributed by atoms with E-state index in [9.17, 15) is 4.79 Å². The van der Waals surface area contributed by atoms with Gasteiger partial charge in [-0.1, -0.05) is 18.2 Å². The molecular formula is C18H19N5O. The van der Waals surface area contributed by atoms with Crippen molar-refractivity contribution in [3.8, 4) is 6.07 Å². The summed E-state index contributed by atoms with van der Waals surface area (Å²) in [4.78, 5) is 22.4. The first-order chi connectivity index (χ1) is 11.8. The second-order valence-corrected chi connectivity index (χ2v) is 5.74. The summed E-state index contributed by atoms with van der Waals surface area (Å²) >= 11 is 0. The molecule has 2 amide bonds. The Morgan fingerprint density at radius 2 is 2.29 bits per heavy atom. The van der Waals surface area contributed by atoms with Gasteiger partial charge in [0.25, 0.3) is 0 Å². The molecule has 0 atom stereocenters. The minimum Gasteiger partial charge on any atom is -0.338 e. The van der Waals surface area contributed by atoms with Gasteiger partial charge in [-0.05, 0) is 23.1 Å². The summed E-state index contributed by atoms with van der Waals surface area (Å²) in [6.45, 7) is 1.80. The first-order valence-electron chi connectivity index (χ1n) is 8.02. The summed E-state index contributed by atoms with van der Waals surface area (Å²) in [5, 5.41) is 11.9. The maximum absolute atomic E-state index is 12.3. The summed E-state index contributed by atoms with van der Waals surface area (Å²) < 4.78 is 0. The van der Waals surface area contributed by atoms with Crippen LogP contribution >= 0.6 is 0 Å². The molecule has 6 nitrogen and oxygen atoms in total. The van der Waals surface area contributed by atoms with Crippen molar-refractivity contribution in [2.45, 2.75) is 25.8 Å². The molecule has 1 N–H and O–H groups in total. The van der Waals surface area contributed by atoms with Crippen LogP contribution in [-0.4, -0.2) is 34.0 Å². The molecule has 1 aromatic carbocycles. The van der Waals surface area contributed by atoms with E-state index in [4.69, 9.17) is 5.26 Å². The average Bonchev–Trinajstić information content (AvgIpc) is 2.62. The molecule has 2 heterocycles. The Hall–Kier alpha value is -2.94. The van der Waals surface area contributed by atoms with E-state index < -0.39 is 0 Å². The fourth-order valence-electron chi connectivity index (χ4n) is 2.98. The predicted molar refractivity (Wildman–Crippen MR) is 89.0 cm³/mol. The Bertz CT molecular complexity index is 754. The lowest BCUT2D eigenvalue weighted by molar-refractivity contribution is 0.192. The zero-order valence-electron chi connectivity index (χ0n) is 13.4. The second-order valence-electron chi connectivity index (χ2n) is 5.74. The van der Waals surface area contributed by atoms with Crippen molar-refractivity contribution >= 4 is 6.03 Å². The van der Waals surface area contributed by atoms with Gasteiger partial charge in [0.1, 0.15) is 0 Å². The molecule has 122 valence electrons. The van der Waals surface area contributed by atoms with Gasteiger partial charge in [-0.15, -0.1) is 0 Å². The molecule has 6 heteroatoms. The molecule has 0 bridgehead atoms. The van der Waals surface area contributed by atoms with Gasteiger partial charge in [0.15, 0.2) is 0 Å². The maximum atomic E-state index is 12.3. The Morgan fingerprint density at radius 1 is 1.38 bits per heavy atom. The standard InChI is InChI=1S/C18H19N5O/c19-7-4-14-2-1-3-15-13-23(11-6-17(14)15)18(24)22-8-5-16-12-20-9-10-21-16/h1-3,9-10,12H,4-6,8,11,13H2,(H,22,24). The minimum atomic E-state index is -0.0600. The molecule has 1 aliphatic rings. The monoisotopic (exact) mass is 321 g/mol. The molecule has 24 heavy (non-hydrogen) atoms. The third-order valence-electron chi connectivity index (χ3n) is 4.19. The Kier molecular flexibility index (Phi) is 5.02. The number of nitrogens with zero attached hydrogens (tertiary/aromatic N) is 4. The van der Waals surface area contributed by atoms with E-state index in [1.54, 1.807) is 18.6 Å². The Labute approximate surface area is 141 Å². The SMILES string of the molecule is N#CCc1cccc2c1CCN(C(=O)NCCc1cnccn1)C2. The number of hydrogen-bond donors (Lipinski definition) is 1. The number of amides is 2. The van der Waals surface area contributed by atoms with Crippen molar-refractivity contribution < 1.29 is 4.79 Å². The lowest BCUT2D eigenvalue weighted by atomic mass is 9.93. The van der Waals surface area contributed by atoms with Crippen LogP contribution in [0.3, 0.4) is 0 Å². The Balaban J connectivity index is 1.56. The first kappa shape index (κ1) is 15.9. The van der Waals surface area contributed by atoms with Crippen molar-refractivity contribution in [1.82, 2.24) is 20.2 Å². The topological polar surface area (TPSA) is 81.9 Å². The van der Waals surface area contributed by atoms with Gasteiger partial charge in [0.05, 0.1) is 18.2 Å². The molecule has 0 saturated carbocycles. The summed E-state index contributed by atoms with van der Waals surface area (Å²) in [7, 11) is 0. The largest absolute Gasteiger partial charge is 0.338 e. The number of hydrogen-bond acceptors (Lipinski definition) is 4. The predicted octanol–water partition coefficient (Wildman–Crippen LogP) is 1.85. The number of fused-ring (bicyclic) bond motifs is 1. The van der Waals surface area contributed by atoms with Crippen LogP contribution in [-0.2, 0) is 25.8 Å². The highest BCUT2D eigenvalue weighted by Gasteiger charge is 2.21. The number of carbonyl (C=O) groups excluding carboxylic acids is 1. The number of nitrogens with one attached hydrogen (secondary N) is 1. The lowest BCUT2D eigenvalue weighted by Crippen LogP contribution is -2.43. The molecule has 0 aliphatic carbocycles. The Morgan fingerprint density at radius 3 is 3.08 bits per heavy atom. The van der Waals surface area contributed by atoms with Gasteiger partial charge in [-0.2, -0.15) is 5.26 Å². The fourth-order valence-corrected chi connectivity index (χ4v) is 2.98. The van der Waals surface area contributed by atoms with Crippen LogP contribution in [0, 0.1) is 11.3 Å². The molecule has 0 radical (unpaired) electrons. The molecule has 3 rings (SSSR count). The summed E-state index contributed by atoms with van der Waals surface area (Å²) in [6, 6.07) is 8.14. The van der Waals surface area contributed by atoms with Crippen LogP contribution in [0.15, 0.2) is 36.8 Å². The van der Waals surface area contributed by atoms with Crippen molar-refractivity contribution in [3.63, 3.8) is 0 Å². The molecule has 0 spiro atoms. The molecule has 0 fully saturated rings. The summed E-state index contributed by atoms with van der Waals surface area (Å²) in [5.41, 5.74) is 4.31. The van der Waals surface area contributed by atoms with Gasteiger partial charge in [-0.25, -0.2) is 4.79 Å². The van der Waals surface area contributed by atoms with Crippen LogP contribution in [0.5, 0.6) is 0 Å². The highest BCUT2D eigenvalue weighted by molar-refractivity contribution is 5.74. The zero-order chi connectivity index (χ0) is 16.8. The zero-order valence-corrected chi connectivity index (χ0v) is 13.4. The lowest BCUT2D eigenvalue weighted by Gasteiger charge is -2.30. The number of benzene rings is 1. The van der Waals surface area contributed by atoms with Crippen molar-refractivity contribution in [1.29, 1.82) is 5.26 Å². The number of rotatable bonds is 4. The van der Waals surface area contributed by atoms with Crippen molar-refractivity contribution in [3.05, 3.63) is 59.2 Å². The van der Waals surface area contributed by atoms with Crippen LogP contribution in [0.2, 0.25) is 0 Å². The molecule has 1 aliphatic heterocycles. The first-order valence-corrected chi connectivity index (χ1v) is 8.02. The van der Waals surface area contributed by atoms with E-state index in [-0.39, 0.29) is 6.03 Å². The van der Waals surface area contributed by atoms with E-state index in [2.05, 4.69) is 21.4 Å². The van der Waals surface area contributed by atoms with E-state index in [0.717, 1.165) is 23.2 Å². The van der Waals surface area contributed by atoms with Gasteiger partial charge < -0.3 is 10.2 Å². The van der Waals surface area contributed by atoms with Gasteiger partial charge in [0.2, 0.25) is 0 Å². The van der Waals surface area contributed by atoms with Gasteiger partial charge in [0, 0.05) is 44.6 Å². The summed E-state index contributed by atoms with van der Waals surface area (Å²) in [5.74, 6) is 0. The third-order valence-corrected chi connectivity index (χ3v) is 4.19. The van der Waals surface area contributed by atoms with E-state index >= 15 is 0 Å². The van der Waals surface area contributed by atoms with E-state index in [0.29, 0.717) is 32.5 Å². The number of aromatic nitrogens is 2. The molecular weight excluding hydrogens is 302 g/mol. The average molecular weight is 321 g/mol. The van der Waals surface area contributed by atoms with Crippen molar-refractivity contribution in [2.75, 3.05) is 13.1 Å². The van der Waals surface area contributed by atoms with Crippen molar-refractivity contribution in [2.24, 2.45) is 0 Å². The number of nitriles is 1. The third kappa shape index (κ3) is 3.69. The minimum absolute atomic E-state index is 0.0600. The number of carbonyl (C=O) groups is 1. The number of urea groups is 1. The normalized spacial score (nSPS) is 13.0. The van der Waals surface area contributed by atoms with Crippen LogP contribution in [0.4, 0.5) is 4.79 Å². The van der Waals surface area contributed by atoms with Crippen LogP contribution < -0.4 is 5.32 Å².